The summed E-state index contributed by atoms with van der Waals surface area (Å²) in [4.78, 5) is 26.9. The maximum atomic E-state index is 15.4. The fourth-order valence-electron chi connectivity index (χ4n) is 4.76. The summed E-state index contributed by atoms with van der Waals surface area (Å²) in [5, 5.41) is 2.82. The zero-order valence-electron chi connectivity index (χ0n) is 15.0. The van der Waals surface area contributed by atoms with Gasteiger partial charge in [-0.05, 0) is 25.7 Å². The third-order valence-corrected chi connectivity index (χ3v) is 6.59. The van der Waals surface area contributed by atoms with Crippen molar-refractivity contribution < 1.29 is 14.0 Å². The Kier molecular flexibility index (Phi) is 3.74. The van der Waals surface area contributed by atoms with Gasteiger partial charge in [0.15, 0.2) is 7.85 Å². The molecular weight excluding hydrogens is 306 g/mol. The van der Waals surface area contributed by atoms with Crippen LogP contribution in [0.5, 0.6) is 0 Å². The average molecular weight is 332 g/mol. The van der Waals surface area contributed by atoms with Gasteiger partial charge in [-0.2, -0.15) is 0 Å². The lowest BCUT2D eigenvalue weighted by atomic mass is 9.68. The normalized spacial score (nSPS) is 37.1. The fourth-order valence-corrected chi connectivity index (χ4v) is 4.76. The van der Waals surface area contributed by atoms with E-state index < -0.39 is 17.5 Å². The van der Waals surface area contributed by atoms with Crippen LogP contribution in [0.15, 0.2) is 24.6 Å². The van der Waals surface area contributed by atoms with Gasteiger partial charge in [0.1, 0.15) is 5.57 Å². The van der Waals surface area contributed by atoms with Gasteiger partial charge < -0.3 is 10.2 Å². The Hall–Kier alpha value is -1.59. The van der Waals surface area contributed by atoms with Crippen LogP contribution in [0, 0.1) is 23.2 Å². The summed E-state index contributed by atoms with van der Waals surface area (Å²) in [5.74, 6) is -1.55. The molecule has 0 aromatic rings. The van der Waals surface area contributed by atoms with Gasteiger partial charge in [0.2, 0.25) is 11.8 Å². The van der Waals surface area contributed by atoms with E-state index in [0.717, 1.165) is 25.0 Å². The number of nitrogens with zero attached hydrogens (tertiary/aromatic N) is 1. The predicted octanol–water partition coefficient (Wildman–Crippen LogP) is 1.73. The molecule has 1 N–H and O–H groups in total. The van der Waals surface area contributed by atoms with Crippen molar-refractivity contribution in [3.8, 4) is 0 Å². The number of alkyl halides is 1. The standard InChI is InChI=1S/C18H26BFN2O2/c1-6-9(2)13-16(24)22(12(5)18(13,19)20)10(3)14-15(23)21-11(4)17(14)7-8-17/h9-10,13-14H,4-8,19H2,1-3H3,(H,21,23). The fraction of sp³-hybridized carbons (Fsp3) is 0.667. The SMILES string of the molecule is BC1(F)C(=C)N(C(C)C2C(=O)NC(=C)C23CC3)C(=O)C1C(C)CC. The van der Waals surface area contributed by atoms with Gasteiger partial charge in [-0.3, -0.25) is 9.59 Å². The summed E-state index contributed by atoms with van der Waals surface area (Å²) in [6, 6.07) is -0.420. The van der Waals surface area contributed by atoms with E-state index in [9.17, 15) is 9.59 Å². The van der Waals surface area contributed by atoms with Crippen LogP contribution in [-0.4, -0.2) is 36.2 Å². The molecule has 0 aromatic carbocycles. The van der Waals surface area contributed by atoms with Crippen LogP contribution in [-0.2, 0) is 9.59 Å². The van der Waals surface area contributed by atoms with Crippen molar-refractivity contribution >= 4 is 19.7 Å². The van der Waals surface area contributed by atoms with E-state index in [1.54, 1.807) is 0 Å². The zero-order valence-corrected chi connectivity index (χ0v) is 15.0. The maximum absolute atomic E-state index is 15.4. The van der Waals surface area contributed by atoms with E-state index in [0.29, 0.717) is 0 Å². The second-order valence-corrected chi connectivity index (χ2v) is 7.94. The number of hydrogen-bond donors (Lipinski definition) is 1. The lowest BCUT2D eigenvalue weighted by molar-refractivity contribution is -0.136. The molecule has 24 heavy (non-hydrogen) atoms. The first kappa shape index (κ1) is 17.2. The molecule has 0 bridgehead atoms. The van der Waals surface area contributed by atoms with Crippen LogP contribution < -0.4 is 5.32 Å². The minimum absolute atomic E-state index is 0.0799. The molecular formula is C18H26BFN2O2. The molecule has 3 rings (SSSR count). The van der Waals surface area contributed by atoms with Crippen LogP contribution in [0.2, 0.25) is 0 Å². The largest absolute Gasteiger partial charge is 0.329 e. The number of likely N-dealkylation sites (tertiary alicyclic amines) is 1. The van der Waals surface area contributed by atoms with Crippen molar-refractivity contribution in [3.05, 3.63) is 24.6 Å². The molecule has 1 saturated carbocycles. The van der Waals surface area contributed by atoms with Crippen molar-refractivity contribution in [2.75, 3.05) is 0 Å². The van der Waals surface area contributed by atoms with E-state index in [1.807, 2.05) is 20.8 Å². The lowest BCUT2D eigenvalue weighted by Gasteiger charge is -2.33. The molecule has 1 aliphatic carbocycles. The van der Waals surface area contributed by atoms with E-state index >= 15 is 4.39 Å². The smallest absolute Gasteiger partial charge is 0.233 e. The molecule has 4 nitrogen and oxygen atoms in total. The Labute approximate surface area is 143 Å². The van der Waals surface area contributed by atoms with Crippen molar-refractivity contribution in [2.24, 2.45) is 23.2 Å². The topological polar surface area (TPSA) is 49.4 Å². The Morgan fingerprint density at radius 3 is 2.42 bits per heavy atom. The Bertz CT molecular complexity index is 641. The monoisotopic (exact) mass is 332 g/mol. The van der Waals surface area contributed by atoms with E-state index in [1.165, 1.54) is 12.7 Å². The highest BCUT2D eigenvalue weighted by atomic mass is 19.1. The minimum atomic E-state index is -1.77. The first-order valence-electron chi connectivity index (χ1n) is 8.81. The number of hydrogen-bond acceptors (Lipinski definition) is 2. The second-order valence-electron chi connectivity index (χ2n) is 7.94. The van der Waals surface area contributed by atoms with E-state index in [-0.39, 0.29) is 34.8 Å². The molecule has 5 atom stereocenters. The molecule has 2 amide bonds. The number of carbonyl (C=O) groups is 2. The summed E-state index contributed by atoms with van der Waals surface area (Å²) in [5.41, 5.74) is -1.11. The molecule has 6 heteroatoms. The van der Waals surface area contributed by atoms with Crippen LogP contribution in [0.1, 0.15) is 40.0 Å². The lowest BCUT2D eigenvalue weighted by Crippen LogP contribution is -2.44. The van der Waals surface area contributed by atoms with Gasteiger partial charge in [0.05, 0.1) is 11.8 Å². The van der Waals surface area contributed by atoms with Crippen molar-refractivity contribution in [1.82, 2.24) is 10.2 Å². The quantitative estimate of drug-likeness (QED) is 0.797. The Balaban J connectivity index is 1.95. The van der Waals surface area contributed by atoms with Gasteiger partial charge in [-0.15, -0.1) is 0 Å². The molecule has 0 radical (unpaired) electrons. The first-order chi connectivity index (χ1) is 11.1. The predicted molar refractivity (Wildman–Crippen MR) is 93.2 cm³/mol. The summed E-state index contributed by atoms with van der Waals surface area (Å²) in [6.45, 7) is 13.5. The van der Waals surface area contributed by atoms with Crippen LogP contribution in [0.4, 0.5) is 4.39 Å². The molecule has 0 aromatic heterocycles. The summed E-state index contributed by atoms with van der Waals surface area (Å²) in [6.07, 6.45) is 2.49. The van der Waals surface area contributed by atoms with Crippen molar-refractivity contribution in [2.45, 2.75) is 51.6 Å². The highest BCUT2D eigenvalue weighted by molar-refractivity contribution is 6.20. The number of amides is 2. The molecule has 1 spiro atoms. The maximum Gasteiger partial charge on any atom is 0.233 e. The van der Waals surface area contributed by atoms with Gasteiger partial charge in [-0.1, -0.05) is 33.4 Å². The molecule has 2 aliphatic heterocycles. The van der Waals surface area contributed by atoms with Crippen molar-refractivity contribution in [3.63, 3.8) is 0 Å². The van der Waals surface area contributed by atoms with Crippen LogP contribution >= 0.6 is 0 Å². The third-order valence-electron chi connectivity index (χ3n) is 6.59. The second kappa shape index (κ2) is 5.20. The van der Waals surface area contributed by atoms with Crippen LogP contribution in [0.3, 0.4) is 0 Å². The van der Waals surface area contributed by atoms with Gasteiger partial charge in [0.25, 0.3) is 0 Å². The average Bonchev–Trinajstić information content (AvgIpc) is 3.19. The Morgan fingerprint density at radius 1 is 1.33 bits per heavy atom. The van der Waals surface area contributed by atoms with Gasteiger partial charge >= 0.3 is 0 Å². The summed E-state index contributed by atoms with van der Waals surface area (Å²) in [7, 11) is 1.44. The molecule has 2 heterocycles. The van der Waals surface area contributed by atoms with Gasteiger partial charge in [0, 0.05) is 22.9 Å². The highest BCUT2D eigenvalue weighted by Crippen LogP contribution is 2.61. The van der Waals surface area contributed by atoms with E-state index in [2.05, 4.69) is 18.5 Å². The summed E-state index contributed by atoms with van der Waals surface area (Å²) < 4.78 is 15.4. The first-order valence-corrected chi connectivity index (χ1v) is 8.81. The number of nitrogens with one attached hydrogen (secondary N) is 1. The van der Waals surface area contributed by atoms with Gasteiger partial charge in [-0.25, -0.2) is 4.39 Å². The molecule has 5 unspecified atom stereocenters. The zero-order chi connectivity index (χ0) is 18.0. The number of allylic oxidation sites excluding steroid dienone is 2. The molecule has 2 saturated heterocycles. The highest BCUT2D eigenvalue weighted by Gasteiger charge is 2.64. The summed E-state index contributed by atoms with van der Waals surface area (Å²) >= 11 is 0. The number of rotatable bonds is 4. The minimum Gasteiger partial charge on any atom is -0.329 e. The number of carbonyl (C=O) groups excluding carboxylic acids is 2. The van der Waals surface area contributed by atoms with Crippen molar-refractivity contribution in [1.29, 1.82) is 0 Å². The molecule has 3 fully saturated rings. The number of halogens is 1. The Morgan fingerprint density at radius 2 is 1.92 bits per heavy atom. The third kappa shape index (κ3) is 2.04. The van der Waals surface area contributed by atoms with Crippen LogP contribution in [0.25, 0.3) is 0 Å². The van der Waals surface area contributed by atoms with E-state index in [4.69, 9.17) is 0 Å². The molecule has 130 valence electrons. The molecule has 3 aliphatic rings.